The number of carbonyl (C=O) groups excluding carboxylic acids is 2. The lowest BCUT2D eigenvalue weighted by Gasteiger charge is -2.20. The molecule has 3 heterocycles. The van der Waals surface area contributed by atoms with Gasteiger partial charge in [0.2, 0.25) is 0 Å². The first-order chi connectivity index (χ1) is 11.9. The van der Waals surface area contributed by atoms with E-state index in [4.69, 9.17) is 0 Å². The summed E-state index contributed by atoms with van der Waals surface area (Å²) in [4.78, 5) is 30.8. The van der Waals surface area contributed by atoms with Crippen molar-refractivity contribution >= 4 is 21.7 Å². The number of sulfone groups is 1. The molecule has 0 radical (unpaired) electrons. The molecule has 1 atom stereocenters. The van der Waals surface area contributed by atoms with Gasteiger partial charge < -0.3 is 10.2 Å². The Balaban J connectivity index is 1.68. The van der Waals surface area contributed by atoms with E-state index in [9.17, 15) is 18.0 Å². The molecule has 0 saturated carbocycles. The van der Waals surface area contributed by atoms with Gasteiger partial charge in [-0.05, 0) is 31.4 Å². The van der Waals surface area contributed by atoms with Crippen molar-refractivity contribution in [1.29, 1.82) is 0 Å². The van der Waals surface area contributed by atoms with Crippen molar-refractivity contribution in [2.45, 2.75) is 38.1 Å². The van der Waals surface area contributed by atoms with Crippen molar-refractivity contribution in [3.63, 3.8) is 0 Å². The van der Waals surface area contributed by atoms with Crippen LogP contribution in [0.3, 0.4) is 0 Å². The Morgan fingerprint density at radius 2 is 1.88 bits per heavy atom. The lowest BCUT2D eigenvalue weighted by molar-refractivity contribution is 0.0761. The van der Waals surface area contributed by atoms with E-state index in [1.807, 2.05) is 4.90 Å². The van der Waals surface area contributed by atoms with E-state index >= 15 is 0 Å². The number of likely N-dealkylation sites (tertiary alicyclic amines) is 1. The zero-order valence-electron chi connectivity index (χ0n) is 14.1. The second kappa shape index (κ2) is 7.51. The van der Waals surface area contributed by atoms with Gasteiger partial charge in [-0.15, -0.1) is 0 Å². The summed E-state index contributed by atoms with van der Waals surface area (Å²) in [5.74, 6) is -0.460. The summed E-state index contributed by atoms with van der Waals surface area (Å²) in [5.41, 5.74) is 0.589. The van der Waals surface area contributed by atoms with Gasteiger partial charge in [-0.1, -0.05) is 12.8 Å². The number of hydrogen-bond donors (Lipinski definition) is 1. The molecule has 0 aromatic carbocycles. The second-order valence-corrected chi connectivity index (χ2v) is 8.94. The topological polar surface area (TPSA) is 96.4 Å². The molecule has 8 heteroatoms. The van der Waals surface area contributed by atoms with Crippen molar-refractivity contribution in [2.75, 3.05) is 24.6 Å². The molecule has 2 fully saturated rings. The normalized spacial score (nSPS) is 23.0. The summed E-state index contributed by atoms with van der Waals surface area (Å²) in [6.45, 7) is 1.48. The summed E-state index contributed by atoms with van der Waals surface area (Å²) in [6, 6.07) is 2.72. The highest BCUT2D eigenvalue weighted by Crippen LogP contribution is 2.15. The Kier molecular flexibility index (Phi) is 5.36. The molecular formula is C17H23N3O4S. The van der Waals surface area contributed by atoms with Crippen LogP contribution in [0.25, 0.3) is 0 Å². The van der Waals surface area contributed by atoms with Crippen LogP contribution in [0.1, 0.15) is 53.0 Å². The van der Waals surface area contributed by atoms with Crippen LogP contribution in [0.2, 0.25) is 0 Å². The first-order valence-electron chi connectivity index (χ1n) is 8.71. The summed E-state index contributed by atoms with van der Waals surface area (Å²) < 4.78 is 23.0. The van der Waals surface area contributed by atoms with Crippen LogP contribution in [0, 0.1) is 0 Å². The standard InChI is InChI=1S/C17H23N3O4S/c21-16(19-14-6-10-25(23,24)12-14)15-11-13(5-7-18-15)17(22)20-8-3-1-2-4-9-20/h5,7,11,14H,1-4,6,8-10,12H2,(H,19,21). The fraction of sp³-hybridized carbons (Fsp3) is 0.588. The van der Waals surface area contributed by atoms with Crippen molar-refractivity contribution in [3.8, 4) is 0 Å². The van der Waals surface area contributed by atoms with E-state index in [-0.39, 0.29) is 29.1 Å². The highest BCUT2D eigenvalue weighted by Gasteiger charge is 2.29. The van der Waals surface area contributed by atoms with Gasteiger partial charge in [0.05, 0.1) is 11.5 Å². The molecule has 0 spiro atoms. The Morgan fingerprint density at radius 1 is 1.16 bits per heavy atom. The molecule has 136 valence electrons. The molecule has 1 N–H and O–H groups in total. The van der Waals surface area contributed by atoms with Crippen LogP contribution < -0.4 is 5.32 Å². The molecule has 0 aliphatic carbocycles. The second-order valence-electron chi connectivity index (χ2n) is 6.71. The van der Waals surface area contributed by atoms with Crippen molar-refractivity contribution in [2.24, 2.45) is 0 Å². The van der Waals surface area contributed by atoms with Crippen molar-refractivity contribution in [3.05, 3.63) is 29.6 Å². The van der Waals surface area contributed by atoms with Gasteiger partial charge in [-0.2, -0.15) is 0 Å². The number of aromatic nitrogens is 1. The highest BCUT2D eigenvalue weighted by atomic mass is 32.2. The van der Waals surface area contributed by atoms with Crippen LogP contribution in [0.15, 0.2) is 18.3 Å². The third-order valence-corrected chi connectivity index (χ3v) is 6.47. The Morgan fingerprint density at radius 3 is 2.52 bits per heavy atom. The maximum atomic E-state index is 12.6. The van der Waals surface area contributed by atoms with E-state index in [2.05, 4.69) is 10.3 Å². The average molecular weight is 365 g/mol. The zero-order chi connectivity index (χ0) is 17.9. The Bertz CT molecular complexity index is 755. The summed E-state index contributed by atoms with van der Waals surface area (Å²) >= 11 is 0. The van der Waals surface area contributed by atoms with Gasteiger partial charge in [-0.3, -0.25) is 14.6 Å². The molecule has 25 heavy (non-hydrogen) atoms. The minimum absolute atomic E-state index is 0.0366. The molecule has 1 aromatic heterocycles. The first-order valence-corrected chi connectivity index (χ1v) is 10.5. The van der Waals surface area contributed by atoms with Gasteiger partial charge in [0.25, 0.3) is 11.8 Å². The molecule has 3 rings (SSSR count). The molecule has 2 aliphatic rings. The zero-order valence-corrected chi connectivity index (χ0v) is 14.9. The van der Waals surface area contributed by atoms with Gasteiger partial charge >= 0.3 is 0 Å². The SMILES string of the molecule is O=C(NC1CCS(=O)(=O)C1)c1cc(C(=O)N2CCCCCC2)ccn1. The van der Waals surface area contributed by atoms with Crippen LogP contribution >= 0.6 is 0 Å². The maximum absolute atomic E-state index is 12.6. The van der Waals surface area contributed by atoms with Crippen molar-refractivity contribution < 1.29 is 18.0 Å². The lowest BCUT2D eigenvalue weighted by atomic mass is 10.1. The van der Waals surface area contributed by atoms with Gasteiger partial charge in [0.1, 0.15) is 5.69 Å². The van der Waals surface area contributed by atoms with Crippen LogP contribution in [-0.2, 0) is 9.84 Å². The smallest absolute Gasteiger partial charge is 0.270 e. The number of pyridine rings is 1. The Hall–Kier alpha value is -1.96. The Labute approximate surface area is 147 Å². The highest BCUT2D eigenvalue weighted by molar-refractivity contribution is 7.91. The van der Waals surface area contributed by atoms with E-state index in [1.165, 1.54) is 12.3 Å². The van der Waals surface area contributed by atoms with Gasteiger partial charge in [0.15, 0.2) is 9.84 Å². The number of carbonyl (C=O) groups is 2. The summed E-state index contributed by atoms with van der Waals surface area (Å²) in [6.07, 6.45) is 6.14. The lowest BCUT2D eigenvalue weighted by Crippen LogP contribution is -2.36. The largest absolute Gasteiger partial charge is 0.347 e. The van der Waals surface area contributed by atoms with Crippen LogP contribution in [0.4, 0.5) is 0 Å². The monoisotopic (exact) mass is 365 g/mol. The first kappa shape index (κ1) is 17.8. The van der Waals surface area contributed by atoms with E-state index in [1.54, 1.807) is 6.07 Å². The molecular weight excluding hydrogens is 342 g/mol. The predicted octanol–water partition coefficient (Wildman–Crippen LogP) is 1.01. The third-order valence-electron chi connectivity index (χ3n) is 4.70. The summed E-state index contributed by atoms with van der Waals surface area (Å²) in [5, 5.41) is 2.70. The number of rotatable bonds is 3. The van der Waals surface area contributed by atoms with Gasteiger partial charge in [-0.25, -0.2) is 8.42 Å². The minimum Gasteiger partial charge on any atom is -0.347 e. The van der Waals surface area contributed by atoms with Crippen LogP contribution in [-0.4, -0.2) is 60.8 Å². The fourth-order valence-corrected chi connectivity index (χ4v) is 4.99. The quantitative estimate of drug-likeness (QED) is 0.862. The number of hydrogen-bond acceptors (Lipinski definition) is 5. The summed E-state index contributed by atoms with van der Waals surface area (Å²) in [7, 11) is -3.06. The average Bonchev–Trinajstić information content (AvgIpc) is 2.80. The molecule has 1 unspecified atom stereocenters. The third kappa shape index (κ3) is 4.56. The maximum Gasteiger partial charge on any atom is 0.270 e. The molecule has 7 nitrogen and oxygen atoms in total. The molecule has 2 saturated heterocycles. The molecule has 2 aliphatic heterocycles. The van der Waals surface area contributed by atoms with Gasteiger partial charge in [0, 0.05) is 30.9 Å². The fourth-order valence-electron chi connectivity index (χ4n) is 3.31. The van der Waals surface area contributed by atoms with Crippen LogP contribution in [0.5, 0.6) is 0 Å². The molecule has 2 amide bonds. The number of nitrogens with zero attached hydrogens (tertiary/aromatic N) is 2. The number of amides is 2. The van der Waals surface area contributed by atoms with E-state index in [0.29, 0.717) is 12.0 Å². The molecule has 0 bridgehead atoms. The van der Waals surface area contributed by atoms with E-state index < -0.39 is 15.7 Å². The number of nitrogens with one attached hydrogen (secondary N) is 1. The molecule has 1 aromatic rings. The van der Waals surface area contributed by atoms with Crippen molar-refractivity contribution in [1.82, 2.24) is 15.2 Å². The van der Waals surface area contributed by atoms with E-state index in [0.717, 1.165) is 38.8 Å². The predicted molar refractivity (Wildman–Crippen MR) is 93.1 cm³/mol. The minimum atomic E-state index is -3.06.